The van der Waals surface area contributed by atoms with Crippen molar-refractivity contribution in [3.05, 3.63) is 23.3 Å². The minimum atomic E-state index is -2.50. The number of aliphatic hydroxyl groups is 3. The Bertz CT molecular complexity index is 1430. The Morgan fingerprint density at radius 1 is 0.911 bits per heavy atom. The second-order valence-electron chi connectivity index (χ2n) is 17.2. The van der Waals surface area contributed by atoms with E-state index in [1.54, 1.807) is 21.0 Å². The Kier molecular flexibility index (Phi) is 16.9. The van der Waals surface area contributed by atoms with E-state index in [-0.39, 0.29) is 49.5 Å². The topological polar surface area (TPSA) is 178 Å². The van der Waals surface area contributed by atoms with E-state index >= 15 is 0 Å². The molecule has 3 heterocycles. The number of fused-ring (bicyclic) bond motifs is 3. The van der Waals surface area contributed by atoms with Crippen molar-refractivity contribution in [2.75, 3.05) is 27.9 Å². The number of hydrogen-bond donors (Lipinski definition) is 3. The van der Waals surface area contributed by atoms with Crippen molar-refractivity contribution in [3.63, 3.8) is 0 Å². The minimum Gasteiger partial charge on any atom is -0.456 e. The van der Waals surface area contributed by atoms with E-state index in [4.69, 9.17) is 23.7 Å². The van der Waals surface area contributed by atoms with E-state index in [0.29, 0.717) is 56.9 Å². The Labute approximate surface area is 333 Å². The van der Waals surface area contributed by atoms with Gasteiger partial charge < -0.3 is 43.9 Å². The smallest absolute Gasteiger partial charge is 0.329 e. The highest BCUT2D eigenvalue weighted by Crippen LogP contribution is 2.39. The molecule has 1 unspecified atom stereocenters. The number of rotatable bonds is 6. The van der Waals surface area contributed by atoms with Gasteiger partial charge in [-0.05, 0) is 95.5 Å². The zero-order valence-electron chi connectivity index (χ0n) is 35.1. The summed E-state index contributed by atoms with van der Waals surface area (Å²) in [7, 11) is 4.63. The lowest BCUT2D eigenvalue weighted by Crippen LogP contribution is -2.64. The molecule has 0 radical (unpaired) electrons. The number of nitrogens with zero attached hydrogens (tertiary/aromatic N) is 1. The monoisotopic (exact) mass is 791 g/mol. The first-order valence-corrected chi connectivity index (χ1v) is 20.8. The Hall–Kier alpha value is -2.52. The van der Waals surface area contributed by atoms with Crippen molar-refractivity contribution in [3.8, 4) is 0 Å². The van der Waals surface area contributed by atoms with Gasteiger partial charge >= 0.3 is 5.97 Å². The molecule has 318 valence electrons. The van der Waals surface area contributed by atoms with Crippen molar-refractivity contribution in [1.82, 2.24) is 4.90 Å². The third-order valence-corrected chi connectivity index (χ3v) is 12.9. The van der Waals surface area contributed by atoms with Gasteiger partial charge in [0.1, 0.15) is 24.0 Å². The average molecular weight is 792 g/mol. The van der Waals surface area contributed by atoms with Gasteiger partial charge in [0.15, 0.2) is 0 Å². The van der Waals surface area contributed by atoms with Crippen LogP contribution in [0.5, 0.6) is 0 Å². The van der Waals surface area contributed by atoms with Crippen LogP contribution in [0.4, 0.5) is 0 Å². The number of ether oxygens (including phenoxy) is 5. The van der Waals surface area contributed by atoms with Gasteiger partial charge in [-0.2, -0.15) is 0 Å². The number of ketones is 2. The first-order chi connectivity index (χ1) is 26.5. The highest BCUT2D eigenvalue weighted by atomic mass is 16.7. The lowest BCUT2D eigenvalue weighted by molar-refractivity contribution is -0.302. The van der Waals surface area contributed by atoms with Crippen LogP contribution in [0.3, 0.4) is 0 Å². The molecule has 13 nitrogen and oxygen atoms in total. The van der Waals surface area contributed by atoms with E-state index in [2.05, 4.69) is 6.92 Å². The number of piperidine rings is 1. The van der Waals surface area contributed by atoms with Gasteiger partial charge in [-0.25, -0.2) is 4.79 Å². The molecule has 0 aromatic carbocycles. The quantitative estimate of drug-likeness (QED) is 0.196. The van der Waals surface area contributed by atoms with Crippen LogP contribution in [0.15, 0.2) is 23.3 Å². The third kappa shape index (κ3) is 10.7. The maximum absolute atomic E-state index is 14.3. The molecule has 2 bridgehead atoms. The van der Waals surface area contributed by atoms with Crippen LogP contribution in [0.25, 0.3) is 0 Å². The second kappa shape index (κ2) is 20.4. The number of cyclic esters (lactones) is 1. The molecule has 3 aliphatic heterocycles. The largest absolute Gasteiger partial charge is 0.456 e. The molecule has 3 fully saturated rings. The van der Waals surface area contributed by atoms with E-state index in [1.165, 1.54) is 19.1 Å². The van der Waals surface area contributed by atoms with Gasteiger partial charge in [0, 0.05) is 52.0 Å². The van der Waals surface area contributed by atoms with Crippen LogP contribution >= 0.6 is 0 Å². The fourth-order valence-electron chi connectivity index (χ4n) is 9.39. The summed E-state index contributed by atoms with van der Waals surface area (Å²) in [5.41, 5.74) is 1.66. The Morgan fingerprint density at radius 3 is 2.21 bits per heavy atom. The van der Waals surface area contributed by atoms with Crippen LogP contribution in [-0.4, -0.2) is 126 Å². The number of aliphatic hydroxyl groups excluding tert-OH is 2. The molecule has 2 saturated heterocycles. The van der Waals surface area contributed by atoms with Gasteiger partial charge in [0.25, 0.3) is 11.7 Å². The minimum absolute atomic E-state index is 0.000914. The van der Waals surface area contributed by atoms with E-state index < -0.39 is 83.9 Å². The molecule has 1 amide bonds. The molecule has 0 aromatic rings. The van der Waals surface area contributed by atoms with Crippen LogP contribution in [0, 0.1) is 29.6 Å². The Balaban J connectivity index is 1.76. The van der Waals surface area contributed by atoms with Crippen LogP contribution in [0.2, 0.25) is 0 Å². The molecule has 0 aromatic heterocycles. The molecule has 0 spiro atoms. The summed E-state index contributed by atoms with van der Waals surface area (Å²) in [6.07, 6.45) is 3.72. The highest BCUT2D eigenvalue weighted by molar-refractivity contribution is 6.39. The van der Waals surface area contributed by atoms with Crippen molar-refractivity contribution in [2.24, 2.45) is 29.6 Å². The third-order valence-electron chi connectivity index (χ3n) is 12.9. The molecule has 4 aliphatic rings. The molecular formula is C43H69NO12. The van der Waals surface area contributed by atoms with Crippen LogP contribution in [-0.2, 0) is 42.9 Å². The van der Waals surface area contributed by atoms with E-state index in [9.17, 15) is 34.5 Å². The SMILES string of the molecule is CCC1/C=C(\C)C[C@H](C)C[C@H](OC)[C@H]2O[C@@](O)(C(=O)C(=O)N3CCCC[C@H]3C(=O)O[C@H](/C(C)=C/[C@@H]3CC[C@@H](O)[C@H](OC)C3)[C@H](C)[C@@H](O)CC1=O)[C@H](C)C[C@@H]2OC. The number of amides is 1. The van der Waals surface area contributed by atoms with Crippen molar-refractivity contribution < 1.29 is 58.2 Å². The van der Waals surface area contributed by atoms with Gasteiger partial charge in [0.2, 0.25) is 5.79 Å². The summed E-state index contributed by atoms with van der Waals surface area (Å²) in [5, 5.41) is 34.1. The van der Waals surface area contributed by atoms with Crippen molar-refractivity contribution >= 4 is 23.4 Å². The predicted octanol–water partition coefficient (Wildman–Crippen LogP) is 4.47. The summed E-state index contributed by atoms with van der Waals surface area (Å²) in [6, 6.07) is -1.13. The van der Waals surface area contributed by atoms with Crippen molar-refractivity contribution in [1.29, 1.82) is 0 Å². The van der Waals surface area contributed by atoms with Crippen LogP contribution in [0.1, 0.15) is 112 Å². The summed E-state index contributed by atoms with van der Waals surface area (Å²) < 4.78 is 29.7. The standard InChI is InChI=1S/C43H69NO12/c1-10-30-18-24(2)17-25(3)19-36(53-8)39-37(54-9)21-27(5)43(51,56-39)40(48)41(49)44-16-12-11-13-31(44)42(50)55-38(28(6)33(46)23-34(30)47)26(4)20-29-14-15-32(45)35(22-29)52-7/h18,20,25,27-33,35-39,45-46,51H,10-17,19,21-23H2,1-9H3/b24-18+,26-20+/t25-,27+,28+,29-,30?,31-,32+,33-,35+,36-,37-,38+,39+,43+/m0/s1. The molecule has 56 heavy (non-hydrogen) atoms. The first-order valence-electron chi connectivity index (χ1n) is 20.8. The maximum atomic E-state index is 14.3. The van der Waals surface area contributed by atoms with Gasteiger partial charge in [-0.1, -0.05) is 45.4 Å². The maximum Gasteiger partial charge on any atom is 0.329 e. The number of hydrogen-bond acceptors (Lipinski definition) is 12. The average Bonchev–Trinajstić information content (AvgIpc) is 3.18. The Morgan fingerprint density at radius 2 is 1.57 bits per heavy atom. The van der Waals surface area contributed by atoms with E-state index in [0.717, 1.165) is 5.57 Å². The summed E-state index contributed by atoms with van der Waals surface area (Å²) in [4.78, 5) is 57.6. The summed E-state index contributed by atoms with van der Waals surface area (Å²) in [5.74, 6) is -7.50. The summed E-state index contributed by atoms with van der Waals surface area (Å²) >= 11 is 0. The molecule has 4 rings (SSSR count). The van der Waals surface area contributed by atoms with Gasteiger partial charge in [-0.3, -0.25) is 14.4 Å². The first kappa shape index (κ1) is 46.2. The zero-order chi connectivity index (χ0) is 41.5. The van der Waals surface area contributed by atoms with Crippen LogP contribution < -0.4 is 0 Å². The van der Waals surface area contributed by atoms with Crippen molar-refractivity contribution in [2.45, 2.75) is 167 Å². The molecule has 13 heteroatoms. The number of esters is 1. The number of carbonyl (C=O) groups excluding carboxylic acids is 4. The number of Topliss-reactive ketones (excluding diaryl/α,β-unsaturated/α-hetero) is 2. The van der Waals surface area contributed by atoms with Gasteiger partial charge in [0.05, 0.1) is 30.5 Å². The fourth-order valence-corrected chi connectivity index (χ4v) is 9.39. The number of carbonyl (C=O) groups is 4. The van der Waals surface area contributed by atoms with Gasteiger partial charge in [-0.15, -0.1) is 0 Å². The number of methoxy groups -OCH3 is 3. The second-order valence-corrected chi connectivity index (χ2v) is 17.2. The zero-order valence-corrected chi connectivity index (χ0v) is 35.1. The molecular weight excluding hydrogens is 722 g/mol. The normalized spacial score (nSPS) is 41.6. The number of allylic oxidation sites excluding steroid dienone is 3. The fraction of sp³-hybridized carbons (Fsp3) is 0.814. The van der Waals surface area contributed by atoms with E-state index in [1.807, 2.05) is 32.9 Å². The summed E-state index contributed by atoms with van der Waals surface area (Å²) in [6.45, 7) is 11.3. The molecule has 1 saturated carbocycles. The lowest BCUT2D eigenvalue weighted by Gasteiger charge is -2.47. The molecule has 3 N–H and O–H groups in total. The lowest BCUT2D eigenvalue weighted by atomic mass is 9.81. The molecule has 1 aliphatic carbocycles. The predicted molar refractivity (Wildman–Crippen MR) is 208 cm³/mol. The highest BCUT2D eigenvalue weighted by Gasteiger charge is 2.56. The molecule has 14 atom stereocenters.